The van der Waals surface area contributed by atoms with Crippen molar-refractivity contribution in [2.45, 2.75) is 46.1 Å². The molecule has 0 aromatic rings. The average Bonchev–Trinajstić information content (AvgIpc) is 2.21. The van der Waals surface area contributed by atoms with E-state index in [0.29, 0.717) is 31.7 Å². The van der Waals surface area contributed by atoms with Crippen LogP contribution in [-0.4, -0.2) is 35.8 Å². The molecule has 1 N–H and O–H groups in total. The van der Waals surface area contributed by atoms with Crippen molar-refractivity contribution in [2.24, 2.45) is 5.92 Å². The summed E-state index contributed by atoms with van der Waals surface area (Å²) in [6.45, 7) is 7.62. The largest absolute Gasteiger partial charge is 0.312 e. The second-order valence-electron chi connectivity index (χ2n) is 4.66. The van der Waals surface area contributed by atoms with E-state index in [1.54, 1.807) is 0 Å². The minimum Gasteiger partial charge on any atom is -0.312 e. The fourth-order valence-electron chi connectivity index (χ4n) is 1.97. The van der Waals surface area contributed by atoms with Crippen LogP contribution < -0.4 is 5.32 Å². The molecule has 0 saturated carbocycles. The Morgan fingerprint density at radius 1 is 1.25 bits per heavy atom. The van der Waals surface area contributed by atoms with Crippen molar-refractivity contribution in [2.75, 3.05) is 13.1 Å². The third-order valence-electron chi connectivity index (χ3n) is 3.03. The molecule has 0 aromatic heterocycles. The van der Waals surface area contributed by atoms with Crippen molar-refractivity contribution in [1.82, 2.24) is 10.2 Å². The van der Waals surface area contributed by atoms with Gasteiger partial charge < -0.3 is 5.32 Å². The van der Waals surface area contributed by atoms with Gasteiger partial charge in [0.15, 0.2) is 0 Å². The maximum absolute atomic E-state index is 11.6. The second kappa shape index (κ2) is 5.99. The maximum Gasteiger partial charge on any atom is 0.229 e. The SMILES string of the molecule is CCNC(CN1C(=O)CCCC1=O)C(C)C. The van der Waals surface area contributed by atoms with E-state index in [9.17, 15) is 9.59 Å². The Morgan fingerprint density at radius 3 is 2.25 bits per heavy atom. The molecule has 1 aliphatic heterocycles. The van der Waals surface area contributed by atoms with Gasteiger partial charge in [0.2, 0.25) is 11.8 Å². The van der Waals surface area contributed by atoms with Crippen LogP contribution in [0.2, 0.25) is 0 Å². The molecule has 1 rings (SSSR count). The van der Waals surface area contributed by atoms with E-state index in [4.69, 9.17) is 0 Å². The van der Waals surface area contributed by atoms with Gasteiger partial charge in [0.05, 0.1) is 0 Å². The predicted octanol–water partition coefficient (Wildman–Crippen LogP) is 1.16. The lowest BCUT2D eigenvalue weighted by molar-refractivity contribution is -0.148. The Morgan fingerprint density at radius 2 is 1.81 bits per heavy atom. The van der Waals surface area contributed by atoms with E-state index in [0.717, 1.165) is 6.54 Å². The lowest BCUT2D eigenvalue weighted by atomic mass is 10.0. The van der Waals surface area contributed by atoms with Gasteiger partial charge in [-0.2, -0.15) is 0 Å². The summed E-state index contributed by atoms with van der Waals surface area (Å²) < 4.78 is 0. The minimum absolute atomic E-state index is 0.0141. The summed E-state index contributed by atoms with van der Waals surface area (Å²) in [5.41, 5.74) is 0. The number of rotatable bonds is 5. The molecule has 0 aromatic carbocycles. The molecule has 1 aliphatic rings. The molecule has 1 unspecified atom stereocenters. The molecule has 1 saturated heterocycles. The van der Waals surface area contributed by atoms with Crippen molar-refractivity contribution in [3.05, 3.63) is 0 Å². The van der Waals surface area contributed by atoms with Crippen LogP contribution in [0.3, 0.4) is 0 Å². The molecule has 16 heavy (non-hydrogen) atoms. The number of likely N-dealkylation sites (tertiary alicyclic amines) is 1. The monoisotopic (exact) mass is 226 g/mol. The summed E-state index contributed by atoms with van der Waals surface area (Å²) in [7, 11) is 0. The summed E-state index contributed by atoms with van der Waals surface area (Å²) in [5, 5.41) is 3.32. The molecule has 1 heterocycles. The number of carbonyl (C=O) groups is 2. The van der Waals surface area contributed by atoms with Gasteiger partial charge in [-0.3, -0.25) is 14.5 Å². The second-order valence-corrected chi connectivity index (χ2v) is 4.66. The lowest BCUT2D eigenvalue weighted by Gasteiger charge is -2.31. The minimum atomic E-state index is -0.0141. The van der Waals surface area contributed by atoms with Crippen molar-refractivity contribution in [1.29, 1.82) is 0 Å². The third kappa shape index (κ3) is 3.30. The van der Waals surface area contributed by atoms with Crippen molar-refractivity contribution < 1.29 is 9.59 Å². The highest BCUT2D eigenvalue weighted by molar-refractivity contribution is 5.97. The zero-order chi connectivity index (χ0) is 12.1. The van der Waals surface area contributed by atoms with Gasteiger partial charge >= 0.3 is 0 Å². The fraction of sp³-hybridized carbons (Fsp3) is 0.833. The predicted molar refractivity (Wildman–Crippen MR) is 62.9 cm³/mol. The van der Waals surface area contributed by atoms with Gasteiger partial charge in [-0.25, -0.2) is 0 Å². The number of carbonyl (C=O) groups excluding carboxylic acids is 2. The zero-order valence-electron chi connectivity index (χ0n) is 10.5. The zero-order valence-corrected chi connectivity index (χ0v) is 10.5. The van der Waals surface area contributed by atoms with Crippen molar-refractivity contribution in [3.8, 4) is 0 Å². The summed E-state index contributed by atoms with van der Waals surface area (Å²) >= 11 is 0. The third-order valence-corrected chi connectivity index (χ3v) is 3.03. The summed E-state index contributed by atoms with van der Waals surface area (Å²) in [6.07, 6.45) is 1.74. The number of imide groups is 1. The number of piperidine rings is 1. The number of nitrogens with one attached hydrogen (secondary N) is 1. The number of amides is 2. The lowest BCUT2D eigenvalue weighted by Crippen LogP contribution is -2.50. The van der Waals surface area contributed by atoms with Gasteiger partial charge in [-0.05, 0) is 18.9 Å². The van der Waals surface area contributed by atoms with Crippen LogP contribution in [0, 0.1) is 5.92 Å². The molecule has 1 atom stereocenters. The number of nitrogens with zero attached hydrogens (tertiary/aromatic N) is 1. The summed E-state index contributed by atoms with van der Waals surface area (Å²) in [4.78, 5) is 24.7. The molecule has 4 nitrogen and oxygen atoms in total. The van der Waals surface area contributed by atoms with Crippen LogP contribution in [-0.2, 0) is 9.59 Å². The van der Waals surface area contributed by atoms with Gasteiger partial charge in [-0.15, -0.1) is 0 Å². The van der Waals surface area contributed by atoms with Crippen LogP contribution >= 0.6 is 0 Å². The Labute approximate surface area is 97.4 Å². The van der Waals surface area contributed by atoms with E-state index in [-0.39, 0.29) is 17.9 Å². The first-order valence-corrected chi connectivity index (χ1v) is 6.12. The summed E-state index contributed by atoms with van der Waals surface area (Å²) in [5.74, 6) is 0.391. The maximum atomic E-state index is 11.6. The van der Waals surface area contributed by atoms with E-state index in [1.807, 2.05) is 6.92 Å². The van der Waals surface area contributed by atoms with Crippen LogP contribution in [0.1, 0.15) is 40.0 Å². The molecule has 92 valence electrons. The first-order chi connectivity index (χ1) is 7.56. The molecular weight excluding hydrogens is 204 g/mol. The molecule has 0 aliphatic carbocycles. The molecule has 2 amide bonds. The van der Waals surface area contributed by atoms with Crippen molar-refractivity contribution >= 4 is 11.8 Å². The Kier molecular flexibility index (Phi) is 4.93. The van der Waals surface area contributed by atoms with Crippen LogP contribution in [0.15, 0.2) is 0 Å². The van der Waals surface area contributed by atoms with Gasteiger partial charge in [0, 0.05) is 25.4 Å². The molecule has 0 bridgehead atoms. The fourth-order valence-corrected chi connectivity index (χ4v) is 1.97. The Bertz CT molecular complexity index is 248. The van der Waals surface area contributed by atoms with Crippen LogP contribution in [0.4, 0.5) is 0 Å². The smallest absolute Gasteiger partial charge is 0.229 e. The van der Waals surface area contributed by atoms with E-state index >= 15 is 0 Å². The first-order valence-electron chi connectivity index (χ1n) is 6.12. The van der Waals surface area contributed by atoms with E-state index in [1.165, 1.54) is 4.90 Å². The van der Waals surface area contributed by atoms with Crippen molar-refractivity contribution in [3.63, 3.8) is 0 Å². The molecule has 0 spiro atoms. The molecule has 0 radical (unpaired) electrons. The average molecular weight is 226 g/mol. The van der Waals surface area contributed by atoms with E-state index in [2.05, 4.69) is 19.2 Å². The number of likely N-dealkylation sites (N-methyl/N-ethyl adjacent to an activating group) is 1. The van der Waals surface area contributed by atoms with Crippen LogP contribution in [0.5, 0.6) is 0 Å². The van der Waals surface area contributed by atoms with Gasteiger partial charge in [0.25, 0.3) is 0 Å². The Hall–Kier alpha value is -0.900. The quantitative estimate of drug-likeness (QED) is 0.716. The van der Waals surface area contributed by atoms with Crippen LogP contribution in [0.25, 0.3) is 0 Å². The van der Waals surface area contributed by atoms with E-state index < -0.39 is 0 Å². The summed E-state index contributed by atoms with van der Waals surface area (Å²) in [6, 6.07) is 0.205. The normalized spacial score (nSPS) is 19.4. The van der Waals surface area contributed by atoms with Gasteiger partial charge in [-0.1, -0.05) is 20.8 Å². The first kappa shape index (κ1) is 13.2. The molecule has 1 fully saturated rings. The standard InChI is InChI=1S/C12H22N2O2/c1-4-13-10(9(2)3)8-14-11(15)6-5-7-12(14)16/h9-10,13H,4-8H2,1-3H3. The Balaban J connectivity index is 2.61. The highest BCUT2D eigenvalue weighted by Gasteiger charge is 2.28. The molecule has 4 heteroatoms. The number of hydrogen-bond donors (Lipinski definition) is 1. The highest BCUT2D eigenvalue weighted by atomic mass is 16.2. The molecular formula is C12H22N2O2. The van der Waals surface area contributed by atoms with Gasteiger partial charge in [0.1, 0.15) is 0 Å². The topological polar surface area (TPSA) is 49.4 Å². The number of hydrogen-bond acceptors (Lipinski definition) is 3. The highest BCUT2D eigenvalue weighted by Crippen LogP contribution is 2.14.